The molecule has 1 saturated heterocycles. The second-order valence-corrected chi connectivity index (χ2v) is 6.34. The molecule has 1 amide bonds. The van der Waals surface area contributed by atoms with Gasteiger partial charge >= 0.3 is 0 Å². The SMILES string of the molecule is CCC1CCCCN1c1ccc(C(=O)NCc2ccc(F)cc2)nn1. The number of hydrogen-bond donors (Lipinski definition) is 1. The highest BCUT2D eigenvalue weighted by molar-refractivity contribution is 5.92. The number of nitrogens with zero attached hydrogens (tertiary/aromatic N) is 3. The fourth-order valence-electron chi connectivity index (χ4n) is 3.20. The Kier molecular flexibility index (Phi) is 5.58. The van der Waals surface area contributed by atoms with E-state index in [-0.39, 0.29) is 17.4 Å². The zero-order valence-corrected chi connectivity index (χ0v) is 14.4. The molecule has 0 spiro atoms. The summed E-state index contributed by atoms with van der Waals surface area (Å²) in [5, 5.41) is 11.1. The molecule has 1 atom stereocenters. The fourth-order valence-corrected chi connectivity index (χ4v) is 3.20. The molecule has 2 heterocycles. The van der Waals surface area contributed by atoms with Gasteiger partial charge in [-0.2, -0.15) is 0 Å². The van der Waals surface area contributed by atoms with Crippen molar-refractivity contribution in [2.24, 2.45) is 0 Å². The average Bonchev–Trinajstić information content (AvgIpc) is 2.67. The van der Waals surface area contributed by atoms with Gasteiger partial charge in [0.15, 0.2) is 11.5 Å². The molecule has 1 fully saturated rings. The van der Waals surface area contributed by atoms with E-state index in [1.54, 1.807) is 18.2 Å². The van der Waals surface area contributed by atoms with Gasteiger partial charge in [0.25, 0.3) is 5.91 Å². The number of aromatic nitrogens is 2. The van der Waals surface area contributed by atoms with Gasteiger partial charge in [0.05, 0.1) is 0 Å². The van der Waals surface area contributed by atoms with E-state index in [9.17, 15) is 9.18 Å². The molecule has 1 N–H and O–H groups in total. The summed E-state index contributed by atoms with van der Waals surface area (Å²) in [7, 11) is 0. The van der Waals surface area contributed by atoms with Crippen LogP contribution in [0.5, 0.6) is 0 Å². The van der Waals surface area contributed by atoms with E-state index >= 15 is 0 Å². The minimum atomic E-state index is -0.292. The van der Waals surface area contributed by atoms with Crippen molar-refractivity contribution >= 4 is 11.7 Å². The molecule has 132 valence electrons. The molecule has 0 radical (unpaired) electrons. The van der Waals surface area contributed by atoms with E-state index in [2.05, 4.69) is 27.3 Å². The van der Waals surface area contributed by atoms with Crippen LogP contribution in [0.4, 0.5) is 10.2 Å². The highest BCUT2D eigenvalue weighted by Crippen LogP contribution is 2.24. The Balaban J connectivity index is 1.61. The molecule has 1 aliphatic heterocycles. The maximum atomic E-state index is 12.9. The minimum Gasteiger partial charge on any atom is -0.352 e. The van der Waals surface area contributed by atoms with Gasteiger partial charge < -0.3 is 10.2 Å². The smallest absolute Gasteiger partial charge is 0.272 e. The zero-order chi connectivity index (χ0) is 17.6. The summed E-state index contributed by atoms with van der Waals surface area (Å²) < 4.78 is 12.9. The number of amides is 1. The molecule has 1 unspecified atom stereocenters. The molecule has 5 nitrogen and oxygen atoms in total. The van der Waals surface area contributed by atoms with Crippen LogP contribution in [0.2, 0.25) is 0 Å². The van der Waals surface area contributed by atoms with E-state index in [0.717, 1.165) is 30.8 Å². The van der Waals surface area contributed by atoms with Crippen molar-refractivity contribution in [2.75, 3.05) is 11.4 Å². The van der Waals surface area contributed by atoms with Crippen LogP contribution in [0.15, 0.2) is 36.4 Å². The Morgan fingerprint density at radius 1 is 1.20 bits per heavy atom. The third-order valence-corrected chi connectivity index (χ3v) is 4.64. The molecule has 0 saturated carbocycles. The number of halogens is 1. The molecule has 6 heteroatoms. The van der Waals surface area contributed by atoms with Crippen molar-refractivity contribution in [2.45, 2.75) is 45.2 Å². The van der Waals surface area contributed by atoms with Crippen molar-refractivity contribution in [1.82, 2.24) is 15.5 Å². The van der Waals surface area contributed by atoms with Crippen molar-refractivity contribution in [3.05, 3.63) is 53.5 Å². The first-order valence-electron chi connectivity index (χ1n) is 8.80. The lowest BCUT2D eigenvalue weighted by Gasteiger charge is -2.35. The molecule has 1 aromatic heterocycles. The Bertz CT molecular complexity index is 702. The number of nitrogens with one attached hydrogen (secondary N) is 1. The summed E-state index contributed by atoms with van der Waals surface area (Å²) in [5.41, 5.74) is 1.12. The van der Waals surface area contributed by atoms with Gasteiger partial charge in [0.1, 0.15) is 5.82 Å². The quantitative estimate of drug-likeness (QED) is 0.906. The van der Waals surface area contributed by atoms with Crippen molar-refractivity contribution in [1.29, 1.82) is 0 Å². The van der Waals surface area contributed by atoms with Crippen LogP contribution < -0.4 is 10.2 Å². The summed E-state index contributed by atoms with van der Waals surface area (Å²) in [6.45, 7) is 3.50. The monoisotopic (exact) mass is 342 g/mol. The molecule has 1 aromatic carbocycles. The Hall–Kier alpha value is -2.50. The predicted molar refractivity (Wildman–Crippen MR) is 94.9 cm³/mol. The van der Waals surface area contributed by atoms with Crippen LogP contribution in [0.25, 0.3) is 0 Å². The summed E-state index contributed by atoms with van der Waals surface area (Å²) in [5.74, 6) is 0.260. The number of carbonyl (C=O) groups is 1. The van der Waals surface area contributed by atoms with E-state index < -0.39 is 0 Å². The lowest BCUT2D eigenvalue weighted by Crippen LogP contribution is -2.39. The van der Waals surface area contributed by atoms with Gasteiger partial charge in [-0.05, 0) is 55.5 Å². The van der Waals surface area contributed by atoms with E-state index in [4.69, 9.17) is 0 Å². The third-order valence-electron chi connectivity index (χ3n) is 4.64. The first-order valence-corrected chi connectivity index (χ1v) is 8.80. The highest BCUT2D eigenvalue weighted by atomic mass is 19.1. The second kappa shape index (κ2) is 8.05. The van der Waals surface area contributed by atoms with Crippen molar-refractivity contribution in [3.8, 4) is 0 Å². The van der Waals surface area contributed by atoms with Gasteiger partial charge in [-0.25, -0.2) is 4.39 Å². The summed E-state index contributed by atoms with van der Waals surface area (Å²) >= 11 is 0. The van der Waals surface area contributed by atoms with Gasteiger partial charge in [0, 0.05) is 19.1 Å². The van der Waals surface area contributed by atoms with Gasteiger partial charge in [-0.3, -0.25) is 4.79 Å². The normalized spacial score (nSPS) is 17.4. The van der Waals surface area contributed by atoms with Crippen LogP contribution in [-0.2, 0) is 6.54 Å². The molecule has 0 aliphatic carbocycles. The summed E-state index contributed by atoms with van der Waals surface area (Å²) in [6.07, 6.45) is 4.68. The minimum absolute atomic E-state index is 0.283. The maximum Gasteiger partial charge on any atom is 0.272 e. The number of carbonyl (C=O) groups excluding carboxylic acids is 1. The average molecular weight is 342 g/mol. The number of rotatable bonds is 5. The number of piperidine rings is 1. The molecule has 0 bridgehead atoms. The Morgan fingerprint density at radius 3 is 2.68 bits per heavy atom. The lowest BCUT2D eigenvalue weighted by molar-refractivity contribution is 0.0945. The molecule has 1 aliphatic rings. The van der Waals surface area contributed by atoms with Crippen molar-refractivity contribution < 1.29 is 9.18 Å². The van der Waals surface area contributed by atoms with E-state index in [0.29, 0.717) is 12.6 Å². The largest absolute Gasteiger partial charge is 0.352 e. The first kappa shape index (κ1) is 17.3. The summed E-state index contributed by atoms with van der Waals surface area (Å²) in [4.78, 5) is 14.5. The predicted octanol–water partition coefficient (Wildman–Crippen LogP) is 3.31. The van der Waals surface area contributed by atoms with Crippen LogP contribution in [-0.4, -0.2) is 28.7 Å². The zero-order valence-electron chi connectivity index (χ0n) is 14.4. The first-order chi connectivity index (χ1) is 12.2. The molecule has 3 rings (SSSR count). The summed E-state index contributed by atoms with van der Waals surface area (Å²) in [6, 6.07) is 10.1. The van der Waals surface area contributed by atoms with Crippen LogP contribution in [0, 0.1) is 5.82 Å². The third kappa shape index (κ3) is 4.32. The number of benzene rings is 1. The molecule has 25 heavy (non-hydrogen) atoms. The molecular formula is C19H23FN4O. The van der Waals surface area contributed by atoms with Crippen LogP contribution >= 0.6 is 0 Å². The van der Waals surface area contributed by atoms with Gasteiger partial charge in [-0.1, -0.05) is 19.1 Å². The van der Waals surface area contributed by atoms with Gasteiger partial charge in [-0.15, -0.1) is 10.2 Å². The maximum absolute atomic E-state index is 12.9. The number of hydrogen-bond acceptors (Lipinski definition) is 4. The van der Waals surface area contributed by atoms with E-state index in [1.807, 2.05) is 6.07 Å². The fraction of sp³-hybridized carbons (Fsp3) is 0.421. The lowest BCUT2D eigenvalue weighted by atomic mass is 10.0. The second-order valence-electron chi connectivity index (χ2n) is 6.34. The number of anilines is 1. The van der Waals surface area contributed by atoms with Crippen molar-refractivity contribution in [3.63, 3.8) is 0 Å². The Morgan fingerprint density at radius 2 is 2.00 bits per heavy atom. The van der Waals surface area contributed by atoms with Crippen LogP contribution in [0.3, 0.4) is 0 Å². The Labute approximate surface area is 147 Å². The topological polar surface area (TPSA) is 58.1 Å². The van der Waals surface area contributed by atoms with Crippen LogP contribution in [0.1, 0.15) is 48.7 Å². The van der Waals surface area contributed by atoms with Gasteiger partial charge in [0.2, 0.25) is 0 Å². The highest BCUT2D eigenvalue weighted by Gasteiger charge is 2.22. The standard InChI is InChI=1S/C19H23FN4O/c1-2-16-5-3-4-12-24(16)18-11-10-17(22-23-18)19(25)21-13-14-6-8-15(20)9-7-14/h6-11,16H,2-5,12-13H2,1H3,(H,21,25). The molecular weight excluding hydrogens is 319 g/mol. The van der Waals surface area contributed by atoms with E-state index in [1.165, 1.54) is 25.0 Å². The molecule has 2 aromatic rings.